The Morgan fingerprint density at radius 1 is 0.900 bits per heavy atom. The van der Waals surface area contributed by atoms with E-state index in [0.29, 0.717) is 0 Å². The highest BCUT2D eigenvalue weighted by Gasteiger charge is 1.89. The number of rotatable bonds is 3. The second-order valence-corrected chi connectivity index (χ2v) is 3.74. The van der Waals surface area contributed by atoms with Crippen molar-refractivity contribution in [2.24, 2.45) is 0 Å². The van der Waals surface area contributed by atoms with Crippen molar-refractivity contribution < 1.29 is 0 Å². The average molecular weight is 265 g/mol. The first kappa shape index (κ1) is 17.5. The molecule has 0 fully saturated rings. The molecule has 0 aliphatic carbocycles. The Bertz CT molecular complexity index is 446. The summed E-state index contributed by atoms with van der Waals surface area (Å²) in [6.45, 7) is 14.9. The summed E-state index contributed by atoms with van der Waals surface area (Å²) >= 11 is 0. The van der Waals surface area contributed by atoms with E-state index in [-0.39, 0.29) is 0 Å². The van der Waals surface area contributed by atoms with Gasteiger partial charge in [0.1, 0.15) is 0 Å². The van der Waals surface area contributed by atoms with Crippen LogP contribution in [-0.4, -0.2) is 11.4 Å². The van der Waals surface area contributed by atoms with E-state index in [9.17, 15) is 0 Å². The molecule has 2 rings (SSSR count). The van der Waals surface area contributed by atoms with Gasteiger partial charge in [0.05, 0.1) is 0 Å². The number of benzene rings is 1. The molecule has 0 spiro atoms. The molecular weight excluding hydrogens is 242 g/mol. The van der Waals surface area contributed by atoms with E-state index >= 15 is 0 Å². The minimum absolute atomic E-state index is 0.958. The smallest absolute Gasteiger partial charge is 0.0403 e. The minimum atomic E-state index is 0.958. The largest absolute Gasteiger partial charge is 0.351 e. The molecule has 0 saturated carbocycles. The van der Waals surface area contributed by atoms with Gasteiger partial charge in [0.25, 0.3) is 0 Å². The summed E-state index contributed by atoms with van der Waals surface area (Å²) in [6.07, 6.45) is 15.0. The third kappa shape index (κ3) is 9.49. The van der Waals surface area contributed by atoms with Crippen LogP contribution in [0.25, 0.3) is 6.08 Å². The third-order valence-corrected chi connectivity index (χ3v) is 2.28. The first-order chi connectivity index (χ1) is 9.78. The zero-order valence-electron chi connectivity index (χ0n) is 12.0. The van der Waals surface area contributed by atoms with Gasteiger partial charge in [-0.05, 0) is 17.8 Å². The summed E-state index contributed by atoms with van der Waals surface area (Å²) in [5.41, 5.74) is 1.17. The molecule has 0 aromatic heterocycles. The van der Waals surface area contributed by atoms with Gasteiger partial charge in [-0.2, -0.15) is 0 Å². The van der Waals surface area contributed by atoms with Gasteiger partial charge in [-0.1, -0.05) is 87.0 Å². The van der Waals surface area contributed by atoms with Gasteiger partial charge in [-0.25, -0.2) is 0 Å². The fraction of sp³-hybridized carbons (Fsp3) is 0.0526. The predicted octanol–water partition coefficient (Wildman–Crippen LogP) is 5.20. The molecule has 0 unspecified atom stereocenters. The highest BCUT2D eigenvalue weighted by atomic mass is 15.1. The van der Waals surface area contributed by atoms with Crippen LogP contribution in [0.5, 0.6) is 0 Å². The minimum Gasteiger partial charge on any atom is -0.351 e. The van der Waals surface area contributed by atoms with Crippen molar-refractivity contribution in [2.75, 3.05) is 6.54 Å². The van der Waals surface area contributed by atoms with Crippen LogP contribution in [0.4, 0.5) is 0 Å². The molecule has 0 amide bonds. The van der Waals surface area contributed by atoms with E-state index in [1.54, 1.807) is 18.4 Å². The van der Waals surface area contributed by atoms with Crippen molar-refractivity contribution in [2.45, 2.75) is 0 Å². The summed E-state index contributed by atoms with van der Waals surface area (Å²) in [4.78, 5) is 2.01. The molecule has 1 nitrogen and oxygen atoms in total. The highest BCUT2D eigenvalue weighted by molar-refractivity contribution is 5.45. The Morgan fingerprint density at radius 3 is 1.85 bits per heavy atom. The van der Waals surface area contributed by atoms with E-state index in [1.807, 2.05) is 59.7 Å². The number of hydrogen-bond acceptors (Lipinski definition) is 1. The normalized spacial score (nSPS) is 11.1. The second kappa shape index (κ2) is 12.9. The molecule has 1 aromatic carbocycles. The van der Waals surface area contributed by atoms with Gasteiger partial charge in [-0.15, -0.1) is 0 Å². The molecule has 1 aromatic rings. The van der Waals surface area contributed by atoms with Gasteiger partial charge in [0.2, 0.25) is 0 Å². The summed E-state index contributed by atoms with van der Waals surface area (Å²) in [5, 5.41) is 0. The molecule has 1 aliphatic rings. The van der Waals surface area contributed by atoms with Crippen molar-refractivity contribution in [1.82, 2.24) is 4.90 Å². The van der Waals surface area contributed by atoms with Crippen molar-refractivity contribution in [3.8, 4) is 0 Å². The molecule has 1 heteroatoms. The predicted molar refractivity (Wildman–Crippen MR) is 92.1 cm³/mol. The fourth-order valence-electron chi connectivity index (χ4n) is 1.21. The van der Waals surface area contributed by atoms with E-state index in [1.165, 1.54) is 5.56 Å². The van der Waals surface area contributed by atoms with Gasteiger partial charge in [0.15, 0.2) is 0 Å². The van der Waals surface area contributed by atoms with Gasteiger partial charge < -0.3 is 4.90 Å². The van der Waals surface area contributed by atoms with Crippen molar-refractivity contribution >= 4 is 6.08 Å². The van der Waals surface area contributed by atoms with Crippen LogP contribution in [0, 0.1) is 0 Å². The first-order valence-corrected chi connectivity index (χ1v) is 6.41. The lowest BCUT2D eigenvalue weighted by atomic mass is 10.2. The lowest BCUT2D eigenvalue weighted by Gasteiger charge is -2.13. The zero-order chi connectivity index (χ0) is 15.1. The monoisotopic (exact) mass is 265 g/mol. The van der Waals surface area contributed by atoms with E-state index in [4.69, 9.17) is 0 Å². The SMILES string of the molecule is C=CC=C.C=CN1C=CC=CC1.C=Cc1ccccc1. The van der Waals surface area contributed by atoms with Crippen LogP contribution in [-0.2, 0) is 0 Å². The topological polar surface area (TPSA) is 3.24 Å². The average Bonchev–Trinajstić information content (AvgIpc) is 2.57. The Kier molecular flexibility index (Phi) is 11.3. The molecular formula is C19H23N. The van der Waals surface area contributed by atoms with Gasteiger partial charge >= 0.3 is 0 Å². The Balaban J connectivity index is 0.000000289. The molecule has 1 aliphatic heterocycles. The summed E-state index contributed by atoms with van der Waals surface area (Å²) < 4.78 is 0. The van der Waals surface area contributed by atoms with E-state index < -0.39 is 0 Å². The quantitative estimate of drug-likeness (QED) is 0.679. The van der Waals surface area contributed by atoms with Crippen molar-refractivity contribution in [3.63, 3.8) is 0 Å². The zero-order valence-corrected chi connectivity index (χ0v) is 12.0. The van der Waals surface area contributed by atoms with Crippen LogP contribution >= 0.6 is 0 Å². The van der Waals surface area contributed by atoms with Crippen LogP contribution in [0.3, 0.4) is 0 Å². The van der Waals surface area contributed by atoms with Crippen LogP contribution in [0.1, 0.15) is 5.56 Å². The first-order valence-electron chi connectivity index (χ1n) is 6.41. The maximum atomic E-state index is 3.63. The van der Waals surface area contributed by atoms with Crippen LogP contribution in [0.15, 0.2) is 99.4 Å². The highest BCUT2D eigenvalue weighted by Crippen LogP contribution is 1.97. The fourth-order valence-corrected chi connectivity index (χ4v) is 1.21. The van der Waals surface area contributed by atoms with Crippen LogP contribution in [0.2, 0.25) is 0 Å². The number of hydrogen-bond donors (Lipinski definition) is 0. The Labute approximate surface area is 123 Å². The van der Waals surface area contributed by atoms with E-state index in [2.05, 4.69) is 32.4 Å². The standard InChI is InChI=1S/C8H8.C7H9N.C4H6/c2*1-2-8-6-4-3-5-7-8;1-3-4-2/h2-7H,1H2;2-6H,1,7H2;3-4H,1-2H2. The Hall–Kier alpha value is -2.54. The Morgan fingerprint density at radius 2 is 1.55 bits per heavy atom. The van der Waals surface area contributed by atoms with Crippen molar-refractivity contribution in [3.05, 3.63) is 105 Å². The summed E-state index contributed by atoms with van der Waals surface area (Å²) in [5.74, 6) is 0. The number of nitrogens with zero attached hydrogens (tertiary/aromatic N) is 1. The maximum absolute atomic E-state index is 3.63. The molecule has 0 N–H and O–H groups in total. The summed E-state index contributed by atoms with van der Waals surface area (Å²) in [6, 6.07) is 10.0. The lowest BCUT2D eigenvalue weighted by Crippen LogP contribution is -2.09. The van der Waals surface area contributed by atoms with Gasteiger partial charge in [-0.3, -0.25) is 0 Å². The van der Waals surface area contributed by atoms with Gasteiger partial charge in [0, 0.05) is 12.7 Å². The molecule has 20 heavy (non-hydrogen) atoms. The molecule has 0 radical (unpaired) electrons. The molecule has 0 atom stereocenters. The van der Waals surface area contributed by atoms with Crippen molar-refractivity contribution in [1.29, 1.82) is 0 Å². The molecule has 104 valence electrons. The lowest BCUT2D eigenvalue weighted by molar-refractivity contribution is 0.562. The second-order valence-electron chi connectivity index (χ2n) is 3.74. The molecule has 0 saturated heterocycles. The summed E-state index contributed by atoms with van der Waals surface area (Å²) in [7, 11) is 0. The molecule has 0 bridgehead atoms. The van der Waals surface area contributed by atoms with E-state index in [0.717, 1.165) is 6.54 Å². The molecule has 1 heterocycles. The van der Waals surface area contributed by atoms with Crippen LogP contribution < -0.4 is 0 Å². The number of allylic oxidation sites excluding steroid dienone is 4. The third-order valence-electron chi connectivity index (χ3n) is 2.28. The maximum Gasteiger partial charge on any atom is 0.0403 e.